The van der Waals surface area contributed by atoms with E-state index in [1.807, 2.05) is 11.0 Å². The molecule has 154 valence electrons. The number of aliphatic imine (C=N–C) groups is 1. The van der Waals surface area contributed by atoms with Gasteiger partial charge in [-0.3, -0.25) is 9.79 Å². The molecule has 1 aromatic rings. The molecule has 1 atom stereocenters. The predicted octanol–water partition coefficient (Wildman–Crippen LogP) is 2.25. The zero-order valence-corrected chi connectivity index (χ0v) is 17.5. The fraction of sp³-hybridized carbons (Fsp3) is 0.636. The Morgan fingerprint density at radius 1 is 1.18 bits per heavy atom. The smallest absolute Gasteiger partial charge is 0.251 e. The van der Waals surface area contributed by atoms with Gasteiger partial charge in [-0.15, -0.1) is 0 Å². The molecule has 2 heterocycles. The van der Waals surface area contributed by atoms with Crippen LogP contribution in [0.3, 0.4) is 0 Å². The monoisotopic (exact) mass is 386 g/mol. The molecule has 28 heavy (non-hydrogen) atoms. The average Bonchev–Trinajstić information content (AvgIpc) is 3.26. The van der Waals surface area contributed by atoms with Crippen molar-refractivity contribution in [3.63, 3.8) is 0 Å². The van der Waals surface area contributed by atoms with E-state index in [1.165, 1.54) is 5.56 Å². The number of nitrogens with one attached hydrogen (secondary N) is 1. The number of hydrogen-bond donors (Lipinski definition) is 1. The molecule has 2 aliphatic rings. The van der Waals surface area contributed by atoms with Crippen molar-refractivity contribution < 1.29 is 9.53 Å². The molecule has 6 nitrogen and oxygen atoms in total. The van der Waals surface area contributed by atoms with E-state index in [1.54, 1.807) is 0 Å². The van der Waals surface area contributed by atoms with Crippen LogP contribution in [0.4, 0.5) is 0 Å². The molecule has 2 fully saturated rings. The number of amides is 1. The maximum Gasteiger partial charge on any atom is 0.251 e. The Balaban J connectivity index is 1.59. The van der Waals surface area contributed by atoms with Gasteiger partial charge in [0, 0.05) is 44.7 Å². The van der Waals surface area contributed by atoms with Crippen molar-refractivity contribution in [1.82, 2.24) is 15.1 Å². The maximum absolute atomic E-state index is 12.6. The number of ether oxygens (including phenoxy) is 1. The lowest BCUT2D eigenvalue weighted by atomic mass is 9.85. The fourth-order valence-electron chi connectivity index (χ4n) is 3.79. The molecule has 1 N–H and O–H groups in total. The Hall–Kier alpha value is -2.08. The van der Waals surface area contributed by atoms with Crippen LogP contribution in [-0.2, 0) is 14.9 Å². The number of guanidine groups is 1. The lowest BCUT2D eigenvalue weighted by Gasteiger charge is -2.37. The largest absolute Gasteiger partial charge is 0.368 e. The third kappa shape index (κ3) is 5.04. The van der Waals surface area contributed by atoms with E-state index in [-0.39, 0.29) is 17.4 Å². The summed E-state index contributed by atoms with van der Waals surface area (Å²) >= 11 is 0. The van der Waals surface area contributed by atoms with Crippen molar-refractivity contribution in [2.24, 2.45) is 4.99 Å². The number of piperazine rings is 1. The van der Waals surface area contributed by atoms with Crippen molar-refractivity contribution in [2.75, 3.05) is 45.9 Å². The number of carbonyl (C=O) groups excluding carboxylic acids is 1. The first-order valence-electron chi connectivity index (χ1n) is 10.5. The van der Waals surface area contributed by atoms with Crippen LogP contribution in [0.1, 0.15) is 39.2 Å². The minimum Gasteiger partial charge on any atom is -0.368 e. The van der Waals surface area contributed by atoms with Crippen molar-refractivity contribution in [3.05, 3.63) is 35.9 Å². The van der Waals surface area contributed by atoms with E-state index < -0.39 is 0 Å². The van der Waals surface area contributed by atoms with Gasteiger partial charge in [0.25, 0.3) is 5.91 Å². The highest BCUT2D eigenvalue weighted by molar-refractivity contribution is 5.83. The summed E-state index contributed by atoms with van der Waals surface area (Å²) in [4.78, 5) is 21.7. The lowest BCUT2D eigenvalue weighted by Crippen LogP contribution is -2.55. The predicted molar refractivity (Wildman–Crippen MR) is 113 cm³/mol. The second-order valence-corrected chi connectivity index (χ2v) is 8.23. The van der Waals surface area contributed by atoms with E-state index in [0.717, 1.165) is 51.5 Å². The van der Waals surface area contributed by atoms with Crippen LogP contribution >= 0.6 is 0 Å². The summed E-state index contributed by atoms with van der Waals surface area (Å²) in [6, 6.07) is 10.5. The quantitative estimate of drug-likeness (QED) is 0.623. The number of benzene rings is 1. The van der Waals surface area contributed by atoms with Gasteiger partial charge in [-0.05, 0) is 25.3 Å². The molecule has 2 saturated heterocycles. The van der Waals surface area contributed by atoms with E-state index in [9.17, 15) is 4.79 Å². The highest BCUT2D eigenvalue weighted by Crippen LogP contribution is 2.23. The molecule has 1 aromatic carbocycles. The van der Waals surface area contributed by atoms with Gasteiger partial charge in [-0.1, -0.05) is 44.2 Å². The van der Waals surface area contributed by atoms with Gasteiger partial charge < -0.3 is 19.9 Å². The van der Waals surface area contributed by atoms with E-state index in [2.05, 4.69) is 55.3 Å². The fourth-order valence-corrected chi connectivity index (χ4v) is 3.79. The molecule has 6 heteroatoms. The maximum atomic E-state index is 12.6. The summed E-state index contributed by atoms with van der Waals surface area (Å²) < 4.78 is 5.56. The topological polar surface area (TPSA) is 57.2 Å². The molecule has 0 aromatic heterocycles. The average molecular weight is 387 g/mol. The van der Waals surface area contributed by atoms with Crippen molar-refractivity contribution in [3.8, 4) is 0 Å². The Kier molecular flexibility index (Phi) is 6.94. The van der Waals surface area contributed by atoms with Crippen LogP contribution in [0.2, 0.25) is 0 Å². The molecule has 3 rings (SSSR count). The van der Waals surface area contributed by atoms with E-state index in [0.29, 0.717) is 13.2 Å². The summed E-state index contributed by atoms with van der Waals surface area (Å²) in [7, 11) is 0. The van der Waals surface area contributed by atoms with E-state index >= 15 is 0 Å². The van der Waals surface area contributed by atoms with Gasteiger partial charge in [-0.2, -0.15) is 0 Å². The summed E-state index contributed by atoms with van der Waals surface area (Å²) in [5.41, 5.74) is 1.26. The molecular formula is C22H34N4O2. The zero-order chi connectivity index (χ0) is 20.0. The first-order chi connectivity index (χ1) is 13.5. The number of rotatable bonds is 5. The zero-order valence-electron chi connectivity index (χ0n) is 17.5. The Morgan fingerprint density at radius 3 is 2.46 bits per heavy atom. The molecular weight excluding hydrogens is 352 g/mol. The molecule has 0 bridgehead atoms. The first kappa shape index (κ1) is 20.6. The van der Waals surface area contributed by atoms with Crippen LogP contribution in [0.15, 0.2) is 35.3 Å². The van der Waals surface area contributed by atoms with Crippen LogP contribution in [0.25, 0.3) is 0 Å². The summed E-state index contributed by atoms with van der Waals surface area (Å²) in [6.07, 6.45) is 1.63. The molecule has 0 saturated carbocycles. The molecule has 0 radical (unpaired) electrons. The third-order valence-electron chi connectivity index (χ3n) is 5.61. The Morgan fingerprint density at radius 2 is 1.86 bits per heavy atom. The Labute approximate surface area is 168 Å². The van der Waals surface area contributed by atoms with Crippen LogP contribution in [-0.4, -0.2) is 73.6 Å². The second-order valence-electron chi connectivity index (χ2n) is 8.23. The van der Waals surface area contributed by atoms with Gasteiger partial charge >= 0.3 is 0 Å². The van der Waals surface area contributed by atoms with Crippen LogP contribution in [0, 0.1) is 0 Å². The molecule has 2 aliphatic heterocycles. The van der Waals surface area contributed by atoms with Gasteiger partial charge in [0.05, 0.1) is 6.54 Å². The molecule has 0 spiro atoms. The number of carbonyl (C=O) groups is 1. The van der Waals surface area contributed by atoms with Crippen LogP contribution < -0.4 is 5.32 Å². The molecule has 0 aliphatic carbocycles. The van der Waals surface area contributed by atoms with Crippen LogP contribution in [0.5, 0.6) is 0 Å². The van der Waals surface area contributed by atoms with E-state index in [4.69, 9.17) is 9.73 Å². The van der Waals surface area contributed by atoms with Gasteiger partial charge in [0.1, 0.15) is 6.10 Å². The van der Waals surface area contributed by atoms with Gasteiger partial charge in [0.15, 0.2) is 5.96 Å². The van der Waals surface area contributed by atoms with Crippen molar-refractivity contribution in [1.29, 1.82) is 0 Å². The second kappa shape index (κ2) is 9.41. The van der Waals surface area contributed by atoms with Crippen molar-refractivity contribution >= 4 is 11.9 Å². The van der Waals surface area contributed by atoms with Gasteiger partial charge in [-0.25, -0.2) is 0 Å². The normalized spacial score (nSPS) is 21.1. The number of nitrogens with zero attached hydrogens (tertiary/aromatic N) is 3. The highest BCUT2D eigenvalue weighted by Gasteiger charge is 2.31. The molecule has 1 amide bonds. The highest BCUT2D eigenvalue weighted by atomic mass is 16.5. The summed E-state index contributed by atoms with van der Waals surface area (Å²) in [5.74, 6) is 1.10. The van der Waals surface area contributed by atoms with Crippen molar-refractivity contribution in [2.45, 2.75) is 45.1 Å². The first-order valence-corrected chi connectivity index (χ1v) is 10.5. The third-order valence-corrected chi connectivity index (χ3v) is 5.61. The minimum atomic E-state index is -0.222. The standard InChI is InChI=1S/C22H34N4O2/c1-4-23-21(24-17-22(2,3)18-9-6-5-7-10-18)26-14-12-25(13-15-26)20(27)19-11-8-16-28-19/h5-7,9-10,19H,4,8,11-17H2,1-3H3,(H,23,24). The number of hydrogen-bond acceptors (Lipinski definition) is 3. The molecule has 1 unspecified atom stereocenters. The minimum absolute atomic E-state index is 0.0282. The Bertz CT molecular complexity index is 660. The van der Waals surface area contributed by atoms with Gasteiger partial charge in [0.2, 0.25) is 0 Å². The summed E-state index contributed by atoms with van der Waals surface area (Å²) in [5, 5.41) is 3.42. The lowest BCUT2D eigenvalue weighted by molar-refractivity contribution is -0.142. The summed E-state index contributed by atoms with van der Waals surface area (Å²) in [6.45, 7) is 11.9. The SMILES string of the molecule is CCNC(=NCC(C)(C)c1ccccc1)N1CCN(C(=O)C2CCCO2)CC1.